The Morgan fingerprint density at radius 2 is 2.12 bits per heavy atom. The largest absolute Gasteiger partial charge is 0.497 e. The predicted octanol–water partition coefficient (Wildman–Crippen LogP) is 2.19. The number of carbonyl (C=O) groups is 3. The number of nitrogens with one attached hydrogen (secondary N) is 2. The Hall–Kier alpha value is -4.15. The van der Waals surface area contributed by atoms with E-state index in [4.69, 9.17) is 14.6 Å². The number of hydrogen-bond donors (Lipinski definition) is 4. The molecule has 3 heterocycles. The van der Waals surface area contributed by atoms with Crippen molar-refractivity contribution in [2.45, 2.75) is 25.3 Å². The summed E-state index contributed by atoms with van der Waals surface area (Å²) in [6, 6.07) is 6.87. The maximum atomic E-state index is 12.7. The number of rotatable bonds is 5. The van der Waals surface area contributed by atoms with Crippen LogP contribution in [0, 0.1) is 0 Å². The van der Waals surface area contributed by atoms with Gasteiger partial charge >= 0.3 is 5.97 Å². The average molecular weight is 441 g/mol. The highest BCUT2D eigenvalue weighted by Crippen LogP contribution is 2.37. The van der Waals surface area contributed by atoms with Crippen LogP contribution in [-0.2, 0) is 9.59 Å². The number of carboxylic acids is 1. The van der Waals surface area contributed by atoms with Crippen LogP contribution in [0.2, 0.25) is 0 Å². The second-order valence-corrected chi connectivity index (χ2v) is 6.95. The number of H-pyrrole nitrogens is 1. The van der Waals surface area contributed by atoms with Crippen molar-refractivity contribution in [2.75, 3.05) is 13.7 Å². The van der Waals surface area contributed by atoms with Crippen molar-refractivity contribution in [1.29, 1.82) is 0 Å². The summed E-state index contributed by atoms with van der Waals surface area (Å²) in [6.45, 7) is 0.383. The van der Waals surface area contributed by atoms with Crippen LogP contribution in [0.15, 0.2) is 36.8 Å². The van der Waals surface area contributed by atoms with Crippen molar-refractivity contribution in [2.24, 2.45) is 0 Å². The minimum absolute atomic E-state index is 0.0510. The number of imidazole rings is 1. The van der Waals surface area contributed by atoms with Gasteiger partial charge in [-0.05, 0) is 31.4 Å². The number of amides is 1. The molecule has 168 valence electrons. The molecule has 4 N–H and O–H groups in total. The number of carboxylic acid groups (broad SMARTS) is 2. The highest BCUT2D eigenvalue weighted by atomic mass is 16.5. The van der Waals surface area contributed by atoms with Gasteiger partial charge in [0, 0.05) is 12.1 Å². The fourth-order valence-corrected chi connectivity index (χ4v) is 3.66. The number of ether oxygens (including phenoxy) is 1. The normalized spacial score (nSPS) is 15.7. The molecule has 1 atom stereocenters. The van der Waals surface area contributed by atoms with Crippen LogP contribution in [0.3, 0.4) is 0 Å². The molecule has 0 spiro atoms. The van der Waals surface area contributed by atoms with Gasteiger partial charge in [0.15, 0.2) is 5.69 Å². The Kier molecular flexibility index (Phi) is 7.21. The minimum Gasteiger partial charge on any atom is -0.497 e. The number of nitrogens with zero attached hydrogens (tertiary/aromatic N) is 3. The summed E-state index contributed by atoms with van der Waals surface area (Å²) in [6.07, 6.45) is 5.48. The first-order valence-corrected chi connectivity index (χ1v) is 9.85. The Morgan fingerprint density at radius 3 is 2.84 bits per heavy atom. The molecular weight excluding hydrogens is 418 g/mol. The molecule has 3 aromatic rings. The standard InChI is InChI=1S/C20H21N5O4.CH2O2/c1-29-13-6-4-5-12(9-13)16-18(14-10-23-24-17(14)20(27)28)25(11-22-16)15-7-2-3-8-21-19(15)26;2-1-3/h4-6,9-11,15H,2-3,7-8H2,1H3,(H,21,26)(H,23,24)(H,27,28);1H,(H,2,3)/t15-;/m1./s1. The number of aromatic amines is 1. The monoisotopic (exact) mass is 441 g/mol. The van der Waals surface area contributed by atoms with Crippen LogP contribution >= 0.6 is 0 Å². The van der Waals surface area contributed by atoms with Crippen LogP contribution < -0.4 is 10.1 Å². The molecule has 0 bridgehead atoms. The summed E-state index contributed by atoms with van der Waals surface area (Å²) in [5, 5.41) is 25.9. The number of methoxy groups -OCH3 is 1. The Balaban J connectivity index is 0.000000913. The molecular formula is C21H23N5O6. The summed E-state index contributed by atoms with van der Waals surface area (Å²) >= 11 is 0. The summed E-state index contributed by atoms with van der Waals surface area (Å²) in [5.41, 5.74) is 2.18. The Bertz CT molecular complexity index is 1110. The third-order valence-electron chi connectivity index (χ3n) is 5.09. The van der Waals surface area contributed by atoms with Gasteiger partial charge in [-0.15, -0.1) is 0 Å². The molecule has 32 heavy (non-hydrogen) atoms. The molecule has 2 aromatic heterocycles. The zero-order valence-corrected chi connectivity index (χ0v) is 17.3. The van der Waals surface area contributed by atoms with E-state index in [0.717, 1.165) is 18.4 Å². The molecule has 1 aliphatic heterocycles. The topological polar surface area (TPSA) is 159 Å². The van der Waals surface area contributed by atoms with E-state index in [1.54, 1.807) is 18.0 Å². The number of hydrogen-bond acceptors (Lipinski definition) is 6. The second kappa shape index (κ2) is 10.2. The lowest BCUT2D eigenvalue weighted by atomic mass is 10.0. The van der Waals surface area contributed by atoms with E-state index >= 15 is 0 Å². The van der Waals surface area contributed by atoms with Crippen LogP contribution in [0.5, 0.6) is 5.75 Å². The number of benzene rings is 1. The zero-order chi connectivity index (χ0) is 23.1. The first-order chi connectivity index (χ1) is 15.5. The van der Waals surface area contributed by atoms with Crippen molar-refractivity contribution in [3.05, 3.63) is 42.5 Å². The van der Waals surface area contributed by atoms with Gasteiger partial charge in [-0.3, -0.25) is 14.7 Å². The van der Waals surface area contributed by atoms with Gasteiger partial charge in [0.1, 0.15) is 11.8 Å². The molecule has 1 aromatic carbocycles. The van der Waals surface area contributed by atoms with Gasteiger partial charge in [0.2, 0.25) is 5.91 Å². The van der Waals surface area contributed by atoms with Crippen molar-refractivity contribution >= 4 is 18.3 Å². The first kappa shape index (κ1) is 22.5. The molecule has 4 rings (SSSR count). The second-order valence-electron chi connectivity index (χ2n) is 6.95. The SMILES string of the molecule is COc1cccc(-c2ncn([C@@H]3CCCCNC3=O)c2-c2cn[nH]c2C(=O)O)c1.O=CO. The smallest absolute Gasteiger partial charge is 0.354 e. The van der Waals surface area contributed by atoms with Crippen molar-refractivity contribution in [3.63, 3.8) is 0 Å². The molecule has 1 fully saturated rings. The summed E-state index contributed by atoms with van der Waals surface area (Å²) < 4.78 is 7.07. The van der Waals surface area contributed by atoms with E-state index in [1.807, 2.05) is 24.3 Å². The van der Waals surface area contributed by atoms with Crippen LogP contribution in [0.25, 0.3) is 22.5 Å². The van der Waals surface area contributed by atoms with E-state index in [0.29, 0.717) is 35.7 Å². The molecule has 1 aliphatic rings. The van der Waals surface area contributed by atoms with Gasteiger partial charge < -0.3 is 24.8 Å². The Labute approximate surface area is 183 Å². The van der Waals surface area contributed by atoms with Gasteiger partial charge in [-0.2, -0.15) is 5.10 Å². The number of carbonyl (C=O) groups excluding carboxylic acids is 1. The molecule has 0 aliphatic carbocycles. The molecule has 1 saturated heterocycles. The lowest BCUT2D eigenvalue weighted by Crippen LogP contribution is -2.31. The van der Waals surface area contributed by atoms with E-state index < -0.39 is 12.0 Å². The lowest BCUT2D eigenvalue weighted by Gasteiger charge is -2.18. The minimum atomic E-state index is -1.13. The molecule has 0 unspecified atom stereocenters. The van der Waals surface area contributed by atoms with E-state index in [1.165, 1.54) is 6.20 Å². The van der Waals surface area contributed by atoms with Crippen LogP contribution in [0.1, 0.15) is 35.8 Å². The van der Waals surface area contributed by atoms with E-state index in [9.17, 15) is 14.7 Å². The molecule has 0 radical (unpaired) electrons. The van der Waals surface area contributed by atoms with Crippen molar-refractivity contribution < 1.29 is 29.3 Å². The number of aromatic nitrogens is 4. The van der Waals surface area contributed by atoms with Crippen molar-refractivity contribution in [3.8, 4) is 28.3 Å². The molecule has 1 amide bonds. The van der Waals surface area contributed by atoms with Gasteiger partial charge in [-0.1, -0.05) is 12.1 Å². The van der Waals surface area contributed by atoms with Crippen LogP contribution in [-0.4, -0.2) is 62.0 Å². The van der Waals surface area contributed by atoms with Gasteiger partial charge in [0.25, 0.3) is 6.47 Å². The summed E-state index contributed by atoms with van der Waals surface area (Å²) in [7, 11) is 1.58. The van der Waals surface area contributed by atoms with E-state index in [2.05, 4.69) is 20.5 Å². The lowest BCUT2D eigenvalue weighted by molar-refractivity contribution is -0.124. The molecule has 0 saturated carbocycles. The van der Waals surface area contributed by atoms with Crippen LogP contribution in [0.4, 0.5) is 0 Å². The van der Waals surface area contributed by atoms with Gasteiger partial charge in [-0.25, -0.2) is 9.78 Å². The average Bonchev–Trinajstić information content (AvgIpc) is 3.38. The summed E-state index contributed by atoms with van der Waals surface area (Å²) in [5.74, 6) is -0.577. The fourth-order valence-electron chi connectivity index (χ4n) is 3.66. The highest BCUT2D eigenvalue weighted by Gasteiger charge is 2.29. The maximum absolute atomic E-state index is 12.7. The quantitative estimate of drug-likeness (QED) is 0.438. The van der Waals surface area contributed by atoms with E-state index in [-0.39, 0.29) is 18.1 Å². The molecule has 11 heteroatoms. The van der Waals surface area contributed by atoms with Crippen molar-refractivity contribution in [1.82, 2.24) is 25.1 Å². The fraction of sp³-hybridized carbons (Fsp3) is 0.286. The van der Waals surface area contributed by atoms with Gasteiger partial charge in [0.05, 0.1) is 36.6 Å². The highest BCUT2D eigenvalue weighted by molar-refractivity contribution is 5.96. The molecule has 11 nitrogen and oxygen atoms in total. The third-order valence-corrected chi connectivity index (χ3v) is 5.09. The summed E-state index contributed by atoms with van der Waals surface area (Å²) in [4.78, 5) is 37.3. The predicted molar refractivity (Wildman–Crippen MR) is 113 cm³/mol. The third kappa shape index (κ3) is 4.61. The Morgan fingerprint density at radius 1 is 1.34 bits per heavy atom. The first-order valence-electron chi connectivity index (χ1n) is 9.85. The number of aromatic carboxylic acids is 1. The zero-order valence-electron chi connectivity index (χ0n) is 17.3. The maximum Gasteiger partial charge on any atom is 0.354 e.